The zero-order chi connectivity index (χ0) is 12.0. The van der Waals surface area contributed by atoms with E-state index < -0.39 is 5.97 Å². The molecule has 0 bridgehead atoms. The van der Waals surface area contributed by atoms with Crippen molar-refractivity contribution in [1.29, 1.82) is 0 Å². The number of ether oxygens (including phenoxy) is 2. The molecule has 1 fully saturated rings. The largest absolute Gasteiger partial charge is 0.464 e. The lowest BCUT2D eigenvalue weighted by atomic mass is 10.3. The van der Waals surface area contributed by atoms with Gasteiger partial charge in [0.15, 0.2) is 0 Å². The zero-order valence-electron chi connectivity index (χ0n) is 9.32. The van der Waals surface area contributed by atoms with Gasteiger partial charge in [0, 0.05) is 5.75 Å². The van der Waals surface area contributed by atoms with E-state index in [0.29, 0.717) is 24.0 Å². The van der Waals surface area contributed by atoms with E-state index in [1.54, 1.807) is 13.8 Å². The quantitative estimate of drug-likeness (QED) is 0.580. The minimum atomic E-state index is -0.401. The van der Waals surface area contributed by atoms with Crippen molar-refractivity contribution in [3.8, 4) is 0 Å². The SMILES string of the molecule is CCOC(=O)C=C1NC(C(=O)OCC)CS1. The number of hydrogen-bond donors (Lipinski definition) is 1. The van der Waals surface area contributed by atoms with Crippen LogP contribution in [-0.2, 0) is 19.1 Å². The fraction of sp³-hybridized carbons (Fsp3) is 0.600. The molecule has 1 N–H and O–H groups in total. The molecule has 1 aliphatic rings. The molecule has 0 saturated carbocycles. The Morgan fingerprint density at radius 3 is 2.75 bits per heavy atom. The topological polar surface area (TPSA) is 64.6 Å². The summed E-state index contributed by atoms with van der Waals surface area (Å²) in [5.74, 6) is -0.117. The number of carbonyl (C=O) groups is 2. The maximum absolute atomic E-state index is 11.4. The molecule has 0 aromatic rings. The molecule has 1 unspecified atom stereocenters. The predicted molar refractivity (Wildman–Crippen MR) is 60.7 cm³/mol. The molecule has 0 aromatic carbocycles. The second-order valence-electron chi connectivity index (χ2n) is 3.02. The molecule has 16 heavy (non-hydrogen) atoms. The fourth-order valence-corrected chi connectivity index (χ4v) is 2.14. The Balaban J connectivity index is 2.45. The molecular formula is C10H15NO4S. The Bertz CT molecular complexity index is 303. The Kier molecular flexibility index (Phi) is 5.18. The summed E-state index contributed by atoms with van der Waals surface area (Å²) in [5, 5.41) is 3.56. The third kappa shape index (κ3) is 3.77. The molecule has 90 valence electrons. The molecule has 0 spiro atoms. The van der Waals surface area contributed by atoms with E-state index in [2.05, 4.69) is 5.32 Å². The Labute approximate surface area is 98.6 Å². The highest BCUT2D eigenvalue weighted by atomic mass is 32.2. The molecule has 1 heterocycles. The van der Waals surface area contributed by atoms with Gasteiger partial charge >= 0.3 is 11.9 Å². The Hall–Kier alpha value is -1.17. The molecular weight excluding hydrogens is 230 g/mol. The first-order valence-electron chi connectivity index (χ1n) is 5.11. The van der Waals surface area contributed by atoms with E-state index >= 15 is 0 Å². The summed E-state index contributed by atoms with van der Waals surface area (Å²) >= 11 is 1.41. The monoisotopic (exact) mass is 245 g/mol. The van der Waals surface area contributed by atoms with E-state index in [9.17, 15) is 9.59 Å². The van der Waals surface area contributed by atoms with E-state index in [0.717, 1.165) is 0 Å². The smallest absolute Gasteiger partial charge is 0.333 e. The molecule has 0 radical (unpaired) electrons. The van der Waals surface area contributed by atoms with Gasteiger partial charge in [-0.15, -0.1) is 11.8 Å². The number of hydrogen-bond acceptors (Lipinski definition) is 6. The zero-order valence-corrected chi connectivity index (χ0v) is 10.1. The maximum Gasteiger partial charge on any atom is 0.333 e. The standard InChI is InChI=1S/C10H15NO4S/c1-3-14-9(12)5-8-11-7(6-16-8)10(13)15-4-2/h5,7,11H,3-4,6H2,1-2H3. The highest BCUT2D eigenvalue weighted by molar-refractivity contribution is 8.03. The molecule has 6 heteroatoms. The minimum absolute atomic E-state index is 0.290. The Morgan fingerprint density at radius 1 is 1.44 bits per heavy atom. The number of nitrogens with one attached hydrogen (secondary N) is 1. The minimum Gasteiger partial charge on any atom is -0.464 e. The van der Waals surface area contributed by atoms with Gasteiger partial charge in [-0.25, -0.2) is 9.59 Å². The van der Waals surface area contributed by atoms with Crippen LogP contribution in [0.25, 0.3) is 0 Å². The van der Waals surface area contributed by atoms with Gasteiger partial charge in [-0.05, 0) is 13.8 Å². The molecule has 1 saturated heterocycles. The van der Waals surface area contributed by atoms with Crippen molar-refractivity contribution in [3.63, 3.8) is 0 Å². The van der Waals surface area contributed by atoms with Gasteiger partial charge in [0.25, 0.3) is 0 Å². The van der Waals surface area contributed by atoms with Gasteiger partial charge in [-0.2, -0.15) is 0 Å². The van der Waals surface area contributed by atoms with Gasteiger partial charge in [-0.3, -0.25) is 0 Å². The summed E-state index contributed by atoms with van der Waals surface area (Å²) in [4.78, 5) is 22.5. The van der Waals surface area contributed by atoms with Crippen LogP contribution in [0.15, 0.2) is 11.1 Å². The van der Waals surface area contributed by atoms with Crippen LogP contribution >= 0.6 is 11.8 Å². The summed E-state index contributed by atoms with van der Waals surface area (Å²) in [6.45, 7) is 4.20. The van der Waals surface area contributed by atoms with Crippen LogP contribution in [0.4, 0.5) is 0 Å². The third-order valence-corrected chi connectivity index (χ3v) is 2.88. The van der Waals surface area contributed by atoms with Crippen LogP contribution in [0.1, 0.15) is 13.8 Å². The van der Waals surface area contributed by atoms with Crippen molar-refractivity contribution in [1.82, 2.24) is 5.32 Å². The maximum atomic E-state index is 11.4. The fourth-order valence-electron chi connectivity index (χ4n) is 1.17. The summed E-state index contributed by atoms with van der Waals surface area (Å²) < 4.78 is 9.63. The Morgan fingerprint density at radius 2 is 2.12 bits per heavy atom. The summed E-state index contributed by atoms with van der Waals surface area (Å²) in [6, 6.07) is -0.370. The third-order valence-electron chi connectivity index (χ3n) is 1.83. The predicted octanol–water partition coefficient (Wildman–Crippen LogP) is 0.659. The van der Waals surface area contributed by atoms with Crippen molar-refractivity contribution in [2.24, 2.45) is 0 Å². The molecule has 1 atom stereocenters. The van der Waals surface area contributed by atoms with Crippen LogP contribution in [0.3, 0.4) is 0 Å². The second kappa shape index (κ2) is 6.42. The number of thioether (sulfide) groups is 1. The van der Waals surface area contributed by atoms with Crippen molar-refractivity contribution in [3.05, 3.63) is 11.1 Å². The van der Waals surface area contributed by atoms with Gasteiger partial charge in [0.05, 0.1) is 24.3 Å². The van der Waals surface area contributed by atoms with E-state index in [4.69, 9.17) is 9.47 Å². The van der Waals surface area contributed by atoms with E-state index in [-0.39, 0.29) is 12.0 Å². The first-order valence-corrected chi connectivity index (χ1v) is 6.10. The lowest BCUT2D eigenvalue weighted by Gasteiger charge is -2.08. The highest BCUT2D eigenvalue weighted by Crippen LogP contribution is 2.22. The molecule has 1 rings (SSSR count). The first-order chi connectivity index (χ1) is 7.67. The normalized spacial score (nSPS) is 21.6. The van der Waals surface area contributed by atoms with Gasteiger partial charge in [0.1, 0.15) is 6.04 Å². The number of esters is 2. The highest BCUT2D eigenvalue weighted by Gasteiger charge is 2.27. The molecule has 0 aliphatic carbocycles. The van der Waals surface area contributed by atoms with Crippen LogP contribution in [-0.4, -0.2) is 36.9 Å². The van der Waals surface area contributed by atoms with Crippen LogP contribution in [0.2, 0.25) is 0 Å². The molecule has 0 amide bonds. The van der Waals surface area contributed by atoms with E-state index in [1.807, 2.05) is 0 Å². The first kappa shape index (κ1) is 12.9. The van der Waals surface area contributed by atoms with Crippen molar-refractivity contribution in [2.75, 3.05) is 19.0 Å². The summed E-state index contributed by atoms with van der Waals surface area (Å²) in [5.41, 5.74) is 0. The number of rotatable bonds is 4. The van der Waals surface area contributed by atoms with Crippen molar-refractivity contribution < 1.29 is 19.1 Å². The number of carbonyl (C=O) groups excluding carboxylic acids is 2. The van der Waals surface area contributed by atoms with Crippen molar-refractivity contribution in [2.45, 2.75) is 19.9 Å². The molecule has 0 aromatic heterocycles. The van der Waals surface area contributed by atoms with Crippen LogP contribution in [0, 0.1) is 0 Å². The lowest BCUT2D eigenvalue weighted by molar-refractivity contribution is -0.144. The molecule has 5 nitrogen and oxygen atoms in total. The van der Waals surface area contributed by atoms with Crippen LogP contribution < -0.4 is 5.32 Å². The second-order valence-corrected chi connectivity index (χ2v) is 4.08. The summed E-state index contributed by atoms with van der Waals surface area (Å²) in [7, 11) is 0. The van der Waals surface area contributed by atoms with Gasteiger partial charge < -0.3 is 14.8 Å². The average Bonchev–Trinajstić information content (AvgIpc) is 2.67. The average molecular weight is 245 g/mol. The van der Waals surface area contributed by atoms with Gasteiger partial charge in [-0.1, -0.05) is 0 Å². The van der Waals surface area contributed by atoms with Gasteiger partial charge in [0.2, 0.25) is 0 Å². The van der Waals surface area contributed by atoms with Crippen molar-refractivity contribution >= 4 is 23.7 Å². The van der Waals surface area contributed by atoms with E-state index in [1.165, 1.54) is 17.8 Å². The molecule has 1 aliphatic heterocycles. The summed E-state index contributed by atoms with van der Waals surface area (Å²) in [6.07, 6.45) is 1.35. The lowest BCUT2D eigenvalue weighted by Crippen LogP contribution is -2.34. The van der Waals surface area contributed by atoms with Crippen LogP contribution in [0.5, 0.6) is 0 Å².